The minimum Gasteiger partial charge on any atom is -0.497 e. The van der Waals surface area contributed by atoms with E-state index in [0.717, 1.165) is 4.70 Å². The number of benzene rings is 2. The molecule has 0 aliphatic heterocycles. The lowest BCUT2D eigenvalue weighted by Gasteiger charge is -2.06. The Labute approximate surface area is 200 Å². The molecule has 0 bridgehead atoms. The largest absolute Gasteiger partial charge is 0.497 e. The average molecular weight is 511 g/mol. The van der Waals surface area contributed by atoms with Gasteiger partial charge in [-0.15, -0.1) is 0 Å². The lowest BCUT2D eigenvalue weighted by Crippen LogP contribution is -2.23. The average Bonchev–Trinajstić information content (AvgIpc) is 3.09. The molecule has 0 unspecified atom stereocenters. The molecule has 0 fully saturated rings. The number of carbonyl (C=O) groups excluding carboxylic acids is 2. The van der Waals surface area contributed by atoms with Crippen molar-refractivity contribution in [3.05, 3.63) is 52.3 Å². The molecular weight excluding hydrogens is 488 g/mol. The van der Waals surface area contributed by atoms with Gasteiger partial charge in [0.1, 0.15) is 12.3 Å². The summed E-state index contributed by atoms with van der Waals surface area (Å²) in [5.74, 6) is -0.478. The summed E-state index contributed by atoms with van der Waals surface area (Å²) in [6.45, 7) is 1.85. The molecule has 3 rings (SSSR count). The number of amides is 1. The van der Waals surface area contributed by atoms with Crippen molar-refractivity contribution in [1.29, 1.82) is 0 Å². The Balaban J connectivity index is 1.79. The third kappa shape index (κ3) is 6.43. The molecule has 0 saturated carbocycles. The van der Waals surface area contributed by atoms with Crippen molar-refractivity contribution in [3.63, 3.8) is 0 Å². The molecule has 3 aromatic rings. The minimum atomic E-state index is -3.53. The van der Waals surface area contributed by atoms with Crippen molar-refractivity contribution in [2.45, 2.75) is 31.2 Å². The lowest BCUT2D eigenvalue weighted by molar-refractivity contribution is -0.143. The standard InChI is InChI=1S/C22H23ClN2O6S2/c1-3-31-21(27)14-25-18-11-8-16(30-2)13-19(18)32-22(25)24-20(26)5-4-12-33(28,29)17-9-6-15(23)7-10-17/h6-11,13H,3-5,12,14H2,1-2H3. The van der Waals surface area contributed by atoms with Gasteiger partial charge in [-0.05, 0) is 55.8 Å². The van der Waals surface area contributed by atoms with Gasteiger partial charge >= 0.3 is 5.97 Å². The van der Waals surface area contributed by atoms with Gasteiger partial charge in [0.05, 0.1) is 34.6 Å². The minimum absolute atomic E-state index is 0.0518. The Morgan fingerprint density at radius 1 is 1.15 bits per heavy atom. The zero-order valence-corrected chi connectivity index (χ0v) is 20.5. The number of methoxy groups -OCH3 is 1. The first-order valence-electron chi connectivity index (χ1n) is 10.1. The summed E-state index contributed by atoms with van der Waals surface area (Å²) in [6, 6.07) is 11.2. The molecule has 33 heavy (non-hydrogen) atoms. The van der Waals surface area contributed by atoms with Crippen molar-refractivity contribution in [2.24, 2.45) is 4.99 Å². The van der Waals surface area contributed by atoms with E-state index >= 15 is 0 Å². The second-order valence-electron chi connectivity index (χ2n) is 6.99. The maximum Gasteiger partial charge on any atom is 0.326 e. The molecule has 1 aromatic heterocycles. The summed E-state index contributed by atoms with van der Waals surface area (Å²) in [5.41, 5.74) is 0.714. The summed E-state index contributed by atoms with van der Waals surface area (Å²) in [5, 5.41) is 0.444. The molecule has 11 heteroatoms. The predicted octanol–water partition coefficient (Wildman–Crippen LogP) is 3.61. The van der Waals surface area contributed by atoms with Crippen molar-refractivity contribution < 1.29 is 27.5 Å². The van der Waals surface area contributed by atoms with Crippen LogP contribution in [0.15, 0.2) is 52.4 Å². The number of nitrogens with zero attached hydrogens (tertiary/aromatic N) is 2. The van der Waals surface area contributed by atoms with Crippen LogP contribution < -0.4 is 9.54 Å². The van der Waals surface area contributed by atoms with Crippen LogP contribution in [0.5, 0.6) is 5.75 Å². The number of carbonyl (C=O) groups is 2. The highest BCUT2D eigenvalue weighted by atomic mass is 35.5. The van der Waals surface area contributed by atoms with Crippen LogP contribution in [-0.4, -0.2) is 44.3 Å². The summed E-state index contributed by atoms with van der Waals surface area (Å²) < 4.78 is 37.6. The molecule has 0 N–H and O–H groups in total. The highest BCUT2D eigenvalue weighted by molar-refractivity contribution is 7.91. The van der Waals surface area contributed by atoms with E-state index in [1.54, 1.807) is 36.8 Å². The van der Waals surface area contributed by atoms with Crippen LogP contribution in [0, 0.1) is 0 Å². The van der Waals surface area contributed by atoms with Crippen LogP contribution in [0.3, 0.4) is 0 Å². The van der Waals surface area contributed by atoms with Crippen LogP contribution in [0.1, 0.15) is 19.8 Å². The Morgan fingerprint density at radius 2 is 1.88 bits per heavy atom. The zero-order chi connectivity index (χ0) is 24.0. The first kappa shape index (κ1) is 24.9. The molecule has 176 valence electrons. The molecule has 1 heterocycles. The Bertz CT molecular complexity index is 1330. The summed E-state index contributed by atoms with van der Waals surface area (Å²) in [6.07, 6.45) is 0.0632. The second kappa shape index (κ2) is 11.0. The fourth-order valence-electron chi connectivity index (χ4n) is 3.09. The van der Waals surface area contributed by atoms with E-state index in [2.05, 4.69) is 4.99 Å². The lowest BCUT2D eigenvalue weighted by atomic mass is 10.3. The van der Waals surface area contributed by atoms with Gasteiger partial charge in [0.25, 0.3) is 0 Å². The number of hydrogen-bond acceptors (Lipinski definition) is 7. The summed E-state index contributed by atoms with van der Waals surface area (Å²) >= 11 is 7.04. The summed E-state index contributed by atoms with van der Waals surface area (Å²) in [7, 11) is -1.98. The first-order valence-corrected chi connectivity index (χ1v) is 13.0. The Kier molecular flexibility index (Phi) is 8.28. The molecule has 2 aromatic carbocycles. The normalized spacial score (nSPS) is 12.2. The van der Waals surface area contributed by atoms with Gasteiger partial charge in [-0.3, -0.25) is 9.59 Å². The van der Waals surface area contributed by atoms with E-state index in [9.17, 15) is 18.0 Å². The molecule has 0 atom stereocenters. The van der Waals surface area contributed by atoms with Crippen LogP contribution in [0.4, 0.5) is 0 Å². The number of rotatable bonds is 9. The molecule has 0 radical (unpaired) electrons. The maximum absolute atomic E-state index is 12.5. The number of ether oxygens (including phenoxy) is 2. The molecule has 0 spiro atoms. The van der Waals surface area contributed by atoms with Crippen molar-refractivity contribution in [2.75, 3.05) is 19.5 Å². The molecular formula is C22H23ClN2O6S2. The molecule has 0 aliphatic rings. The highest BCUT2D eigenvalue weighted by Crippen LogP contribution is 2.23. The quantitative estimate of drug-likeness (QED) is 0.407. The molecule has 8 nitrogen and oxygen atoms in total. The van der Waals surface area contributed by atoms with E-state index in [0.29, 0.717) is 21.1 Å². The van der Waals surface area contributed by atoms with Crippen LogP contribution in [-0.2, 0) is 30.7 Å². The van der Waals surface area contributed by atoms with Gasteiger partial charge in [-0.2, -0.15) is 4.99 Å². The number of halogens is 1. The highest BCUT2D eigenvalue weighted by Gasteiger charge is 2.16. The van der Waals surface area contributed by atoms with Crippen molar-refractivity contribution in [3.8, 4) is 5.75 Å². The first-order chi connectivity index (χ1) is 15.7. The number of hydrogen-bond donors (Lipinski definition) is 0. The topological polar surface area (TPSA) is 104 Å². The zero-order valence-electron chi connectivity index (χ0n) is 18.1. The van der Waals surface area contributed by atoms with Crippen LogP contribution >= 0.6 is 22.9 Å². The summed E-state index contributed by atoms with van der Waals surface area (Å²) in [4.78, 5) is 29.2. The fraction of sp³-hybridized carbons (Fsp3) is 0.318. The van der Waals surface area contributed by atoms with Crippen molar-refractivity contribution >= 4 is 54.9 Å². The molecule has 1 amide bonds. The van der Waals surface area contributed by atoms with Gasteiger partial charge in [-0.25, -0.2) is 8.42 Å². The predicted molar refractivity (Wildman–Crippen MR) is 126 cm³/mol. The van der Waals surface area contributed by atoms with Crippen LogP contribution in [0.2, 0.25) is 5.02 Å². The van der Waals surface area contributed by atoms with E-state index < -0.39 is 21.7 Å². The molecule has 0 saturated heterocycles. The third-order valence-corrected chi connectivity index (χ3v) is 7.79. The smallest absolute Gasteiger partial charge is 0.326 e. The number of aromatic nitrogens is 1. The van der Waals surface area contributed by atoms with Crippen LogP contribution in [0.25, 0.3) is 10.2 Å². The van der Waals surface area contributed by atoms with Gasteiger partial charge in [-0.1, -0.05) is 22.9 Å². The fourth-order valence-corrected chi connectivity index (χ4v) is 5.60. The Morgan fingerprint density at radius 3 is 2.55 bits per heavy atom. The SMILES string of the molecule is CCOC(=O)Cn1c(=NC(=O)CCCS(=O)(=O)c2ccc(Cl)cc2)sc2cc(OC)ccc21. The number of esters is 1. The monoisotopic (exact) mass is 510 g/mol. The van der Waals surface area contributed by atoms with E-state index in [4.69, 9.17) is 21.1 Å². The van der Waals surface area contributed by atoms with Gasteiger partial charge < -0.3 is 14.0 Å². The van der Waals surface area contributed by atoms with Gasteiger partial charge in [0.15, 0.2) is 14.6 Å². The van der Waals surface area contributed by atoms with E-state index in [1.165, 1.54) is 35.6 Å². The number of fused-ring (bicyclic) bond motifs is 1. The molecule has 0 aliphatic carbocycles. The second-order valence-corrected chi connectivity index (χ2v) is 10.5. The number of thiazole rings is 1. The van der Waals surface area contributed by atoms with Crippen molar-refractivity contribution in [1.82, 2.24) is 4.57 Å². The Hall–Kier alpha value is -2.69. The van der Waals surface area contributed by atoms with Gasteiger partial charge in [0.2, 0.25) is 5.91 Å². The third-order valence-electron chi connectivity index (χ3n) is 4.68. The maximum atomic E-state index is 12.5. The number of sulfone groups is 1. The van der Waals surface area contributed by atoms with E-state index in [1.807, 2.05) is 0 Å². The van der Waals surface area contributed by atoms with E-state index in [-0.39, 0.29) is 36.6 Å². The van der Waals surface area contributed by atoms with Gasteiger partial charge in [0, 0.05) is 11.4 Å².